The minimum Gasteiger partial charge on any atom is -0.465 e. The molecular weight excluding hydrogens is 324 g/mol. The first-order valence-corrected chi connectivity index (χ1v) is 8.91. The van der Waals surface area contributed by atoms with E-state index < -0.39 is 21.9 Å². The second-order valence-corrected chi connectivity index (χ2v) is 7.73. The van der Waals surface area contributed by atoms with Crippen LogP contribution in [0.1, 0.15) is 41.2 Å². The van der Waals surface area contributed by atoms with Gasteiger partial charge in [0.05, 0.1) is 18.4 Å². The van der Waals surface area contributed by atoms with Crippen LogP contribution in [0.3, 0.4) is 0 Å². The molecule has 9 heteroatoms. The van der Waals surface area contributed by atoms with Crippen LogP contribution in [0.4, 0.5) is 4.79 Å². The third kappa shape index (κ3) is 3.49. The summed E-state index contributed by atoms with van der Waals surface area (Å²) in [6, 6.07) is -0.0931. The highest BCUT2D eigenvalue weighted by Gasteiger charge is 2.34. The molecule has 0 saturated heterocycles. The van der Waals surface area contributed by atoms with E-state index in [1.807, 2.05) is 0 Å². The molecule has 1 amide bonds. The van der Waals surface area contributed by atoms with E-state index in [0.29, 0.717) is 17.0 Å². The zero-order chi connectivity index (χ0) is 17.4. The van der Waals surface area contributed by atoms with Gasteiger partial charge in [0.2, 0.25) is 0 Å². The maximum atomic E-state index is 12.0. The first kappa shape index (κ1) is 17.3. The van der Waals surface area contributed by atoms with Crippen LogP contribution in [0.25, 0.3) is 0 Å². The number of rotatable bonds is 4. The molecule has 0 saturated carbocycles. The molecule has 0 aliphatic carbocycles. The lowest BCUT2D eigenvalue weighted by atomic mass is 10.1. The number of nitrogens with zero attached hydrogens (tertiary/aromatic N) is 1. The highest BCUT2D eigenvalue weighted by atomic mass is 32.2. The van der Waals surface area contributed by atoms with Crippen LogP contribution < -0.4 is 5.32 Å². The van der Waals surface area contributed by atoms with E-state index in [0.717, 1.165) is 0 Å². The quantitative estimate of drug-likeness (QED) is 0.821. The van der Waals surface area contributed by atoms with Crippen LogP contribution in [0.5, 0.6) is 0 Å². The molecule has 0 spiro atoms. The maximum Gasteiger partial charge on any atom is 0.407 e. The summed E-state index contributed by atoms with van der Waals surface area (Å²) in [5.74, 6) is -0.948. The van der Waals surface area contributed by atoms with Crippen LogP contribution in [0.15, 0.2) is 0 Å². The van der Waals surface area contributed by atoms with Gasteiger partial charge in [0.25, 0.3) is 0 Å². The van der Waals surface area contributed by atoms with Gasteiger partial charge in [-0.2, -0.15) is 0 Å². The Morgan fingerprint density at radius 2 is 2.00 bits per heavy atom. The Bertz CT molecular complexity index is 748. The number of sulfone groups is 1. The Hall–Kier alpha value is -2.03. The highest BCUT2D eigenvalue weighted by molar-refractivity contribution is 7.89. The average Bonchev–Trinajstić information content (AvgIpc) is 2.87. The van der Waals surface area contributed by atoms with Crippen molar-refractivity contribution in [3.63, 3.8) is 0 Å². The largest absolute Gasteiger partial charge is 0.465 e. The molecule has 2 heterocycles. The van der Waals surface area contributed by atoms with Gasteiger partial charge in [0, 0.05) is 23.0 Å². The lowest BCUT2D eigenvalue weighted by Gasteiger charge is -2.10. The van der Waals surface area contributed by atoms with Crippen molar-refractivity contribution in [3.8, 4) is 0 Å². The summed E-state index contributed by atoms with van der Waals surface area (Å²) in [4.78, 5) is 23.6. The van der Waals surface area contributed by atoms with Crippen molar-refractivity contribution in [1.29, 1.82) is 0 Å². The van der Waals surface area contributed by atoms with Gasteiger partial charge in [0.1, 0.15) is 12.5 Å². The topological polar surface area (TPSA) is 104 Å². The lowest BCUT2D eigenvalue weighted by Crippen LogP contribution is -2.30. The fraction of sp³-hybridized carbons (Fsp3) is 0.571. The molecule has 2 rings (SSSR count). The van der Waals surface area contributed by atoms with E-state index in [1.54, 1.807) is 25.3 Å². The number of carbonyl (C=O) groups is 2. The number of hydrogen-bond donors (Lipinski definition) is 1. The Kier molecular flexibility index (Phi) is 4.69. The molecule has 128 valence electrons. The first-order valence-electron chi connectivity index (χ1n) is 7.09. The van der Waals surface area contributed by atoms with Gasteiger partial charge >= 0.3 is 12.1 Å². The summed E-state index contributed by atoms with van der Waals surface area (Å²) in [5, 5.41) is 2.56. The number of esters is 1. The third-order valence-electron chi connectivity index (χ3n) is 3.57. The number of alkyl carbamates (subject to hydrolysis) is 1. The smallest absolute Gasteiger partial charge is 0.407 e. The summed E-state index contributed by atoms with van der Waals surface area (Å²) >= 11 is 0. The van der Waals surface area contributed by atoms with Gasteiger partial charge < -0.3 is 19.4 Å². The Morgan fingerprint density at radius 3 is 2.57 bits per heavy atom. The van der Waals surface area contributed by atoms with Crippen molar-refractivity contribution in [2.45, 2.75) is 45.0 Å². The molecule has 23 heavy (non-hydrogen) atoms. The standard InChI is InChI=1S/C14H20N2O6S/c1-8(2)15-14(18)22-5-10-11-6-23(19,20)7-16(11)9(3)12(10)13(17)21-4/h8H,5-7H2,1-4H3,(H,15,18). The van der Waals surface area contributed by atoms with Crippen molar-refractivity contribution in [1.82, 2.24) is 9.88 Å². The minimum absolute atomic E-state index is 0.0931. The number of hydrogen-bond acceptors (Lipinski definition) is 6. The second kappa shape index (κ2) is 6.23. The van der Waals surface area contributed by atoms with Crippen LogP contribution in [-0.4, -0.2) is 38.2 Å². The van der Waals surface area contributed by atoms with Crippen LogP contribution in [0, 0.1) is 6.92 Å². The van der Waals surface area contributed by atoms with Gasteiger partial charge in [-0.3, -0.25) is 0 Å². The molecule has 0 atom stereocenters. The number of aromatic nitrogens is 1. The minimum atomic E-state index is -3.26. The molecular formula is C14H20N2O6S. The molecule has 1 N–H and O–H groups in total. The SMILES string of the molecule is COC(=O)c1c(COC(=O)NC(C)C)c2n(c1C)CS(=O)(=O)C2. The molecule has 0 radical (unpaired) electrons. The number of methoxy groups -OCH3 is 1. The third-order valence-corrected chi connectivity index (χ3v) is 4.93. The number of nitrogens with one attached hydrogen (secondary N) is 1. The average molecular weight is 344 g/mol. The predicted octanol–water partition coefficient (Wildman–Crippen LogP) is 1.10. The molecule has 1 aliphatic rings. The van der Waals surface area contributed by atoms with Crippen molar-refractivity contribution in [3.05, 3.63) is 22.5 Å². The summed E-state index contributed by atoms with van der Waals surface area (Å²) in [6.45, 7) is 5.03. The van der Waals surface area contributed by atoms with E-state index in [2.05, 4.69) is 5.32 Å². The van der Waals surface area contributed by atoms with E-state index in [9.17, 15) is 18.0 Å². The van der Waals surface area contributed by atoms with E-state index >= 15 is 0 Å². The van der Waals surface area contributed by atoms with Gasteiger partial charge in [-0.25, -0.2) is 18.0 Å². The van der Waals surface area contributed by atoms with Crippen LogP contribution in [0.2, 0.25) is 0 Å². The fourth-order valence-corrected chi connectivity index (χ4v) is 4.18. The maximum absolute atomic E-state index is 12.0. The van der Waals surface area contributed by atoms with Crippen molar-refractivity contribution < 1.29 is 27.5 Å². The van der Waals surface area contributed by atoms with Crippen molar-refractivity contribution >= 4 is 21.9 Å². The molecule has 0 fully saturated rings. The normalized spacial score (nSPS) is 15.3. The Morgan fingerprint density at radius 1 is 1.35 bits per heavy atom. The highest BCUT2D eigenvalue weighted by Crippen LogP contribution is 2.31. The zero-order valence-corrected chi connectivity index (χ0v) is 14.3. The summed E-state index contributed by atoms with van der Waals surface area (Å²) in [5.41, 5.74) is 1.61. The molecule has 1 aromatic heterocycles. The van der Waals surface area contributed by atoms with Gasteiger partial charge in [-0.1, -0.05) is 0 Å². The number of carbonyl (C=O) groups excluding carboxylic acids is 2. The molecule has 0 bridgehead atoms. The molecule has 1 aromatic rings. The molecule has 8 nitrogen and oxygen atoms in total. The predicted molar refractivity (Wildman–Crippen MR) is 81.6 cm³/mol. The summed E-state index contributed by atoms with van der Waals surface area (Å²) in [6.07, 6.45) is -0.630. The Labute approximate surface area is 134 Å². The molecule has 0 aromatic carbocycles. The molecule has 1 aliphatic heterocycles. The number of ether oxygens (including phenoxy) is 2. The summed E-state index contributed by atoms with van der Waals surface area (Å²) < 4.78 is 35.1. The zero-order valence-electron chi connectivity index (χ0n) is 13.5. The van der Waals surface area contributed by atoms with Gasteiger partial charge in [-0.05, 0) is 20.8 Å². The van der Waals surface area contributed by atoms with Gasteiger partial charge in [0.15, 0.2) is 9.84 Å². The molecule has 0 unspecified atom stereocenters. The second-order valence-electron chi connectivity index (χ2n) is 5.70. The van der Waals surface area contributed by atoms with Crippen molar-refractivity contribution in [2.24, 2.45) is 0 Å². The monoisotopic (exact) mass is 344 g/mol. The fourth-order valence-electron chi connectivity index (χ4n) is 2.60. The van der Waals surface area contributed by atoms with E-state index in [-0.39, 0.29) is 29.8 Å². The van der Waals surface area contributed by atoms with E-state index in [4.69, 9.17) is 9.47 Å². The van der Waals surface area contributed by atoms with Crippen molar-refractivity contribution in [2.75, 3.05) is 7.11 Å². The van der Waals surface area contributed by atoms with Crippen LogP contribution in [-0.2, 0) is 37.5 Å². The van der Waals surface area contributed by atoms with E-state index in [1.165, 1.54) is 7.11 Å². The van der Waals surface area contributed by atoms with Crippen LogP contribution >= 0.6 is 0 Å². The Balaban J connectivity index is 2.35. The lowest BCUT2D eigenvalue weighted by molar-refractivity contribution is 0.0594. The summed E-state index contributed by atoms with van der Waals surface area (Å²) in [7, 11) is -2.01. The first-order chi connectivity index (χ1) is 10.7. The van der Waals surface area contributed by atoms with Gasteiger partial charge in [-0.15, -0.1) is 0 Å². The number of amides is 1. The number of fused-ring (bicyclic) bond motifs is 1.